The third kappa shape index (κ3) is 1.62. The number of nitrogen functional groups attached to an aromatic ring is 1. The van der Waals surface area contributed by atoms with Crippen molar-refractivity contribution in [2.45, 2.75) is 32.7 Å². The molecule has 3 N–H and O–H groups in total. The molecule has 0 bridgehead atoms. The van der Waals surface area contributed by atoms with Crippen LogP contribution < -0.4 is 11.1 Å². The van der Waals surface area contributed by atoms with Crippen LogP contribution in [0.5, 0.6) is 0 Å². The van der Waals surface area contributed by atoms with Gasteiger partial charge < -0.3 is 11.1 Å². The molecule has 0 saturated carbocycles. The quantitative estimate of drug-likeness (QED) is 0.667. The molecule has 1 aromatic rings. The SMILES string of the molecule is Cc1cc(C2CCCN2)cc(N)c1C. The Bertz CT molecular complexity index is 315. The third-order valence-corrected chi connectivity index (χ3v) is 3.19. The van der Waals surface area contributed by atoms with E-state index in [1.54, 1.807) is 0 Å². The van der Waals surface area contributed by atoms with Crippen molar-refractivity contribution in [3.63, 3.8) is 0 Å². The summed E-state index contributed by atoms with van der Waals surface area (Å²) in [6.07, 6.45) is 2.51. The maximum absolute atomic E-state index is 5.96. The first-order valence-corrected chi connectivity index (χ1v) is 5.28. The molecular weight excluding hydrogens is 172 g/mol. The lowest BCUT2D eigenvalue weighted by atomic mass is 9.98. The Labute approximate surface area is 85.5 Å². The molecule has 1 fully saturated rings. The first-order valence-electron chi connectivity index (χ1n) is 5.28. The van der Waals surface area contributed by atoms with Gasteiger partial charge in [-0.2, -0.15) is 0 Å². The van der Waals surface area contributed by atoms with Crippen molar-refractivity contribution >= 4 is 5.69 Å². The van der Waals surface area contributed by atoms with Gasteiger partial charge in [-0.25, -0.2) is 0 Å². The van der Waals surface area contributed by atoms with E-state index in [2.05, 4.69) is 31.3 Å². The summed E-state index contributed by atoms with van der Waals surface area (Å²) in [4.78, 5) is 0. The van der Waals surface area contributed by atoms with Crippen molar-refractivity contribution in [2.24, 2.45) is 0 Å². The zero-order valence-electron chi connectivity index (χ0n) is 8.93. The summed E-state index contributed by atoms with van der Waals surface area (Å²) in [6, 6.07) is 4.90. The summed E-state index contributed by atoms with van der Waals surface area (Å²) in [5.41, 5.74) is 10.8. The Morgan fingerprint density at radius 2 is 2.14 bits per heavy atom. The Hall–Kier alpha value is -1.02. The largest absolute Gasteiger partial charge is 0.398 e. The maximum atomic E-state index is 5.96. The van der Waals surface area contributed by atoms with Crippen LogP contribution in [0.3, 0.4) is 0 Å². The first kappa shape index (κ1) is 9.53. The summed E-state index contributed by atoms with van der Waals surface area (Å²) >= 11 is 0. The van der Waals surface area contributed by atoms with Gasteiger partial charge in [-0.15, -0.1) is 0 Å². The average molecular weight is 190 g/mol. The van der Waals surface area contributed by atoms with E-state index in [1.807, 2.05) is 0 Å². The zero-order chi connectivity index (χ0) is 10.1. The molecule has 76 valence electrons. The molecule has 0 aliphatic carbocycles. The lowest BCUT2D eigenvalue weighted by Crippen LogP contribution is -2.13. The van der Waals surface area contributed by atoms with Crippen molar-refractivity contribution in [3.8, 4) is 0 Å². The monoisotopic (exact) mass is 190 g/mol. The van der Waals surface area contributed by atoms with Crippen LogP contribution in [0.1, 0.15) is 35.6 Å². The van der Waals surface area contributed by atoms with Crippen molar-refractivity contribution in [2.75, 3.05) is 12.3 Å². The smallest absolute Gasteiger partial charge is 0.0349 e. The summed E-state index contributed by atoms with van der Waals surface area (Å²) in [5.74, 6) is 0. The molecular formula is C12H18N2. The number of rotatable bonds is 1. The van der Waals surface area contributed by atoms with Crippen LogP contribution in [0.4, 0.5) is 5.69 Å². The van der Waals surface area contributed by atoms with E-state index < -0.39 is 0 Å². The van der Waals surface area contributed by atoms with E-state index in [4.69, 9.17) is 5.73 Å². The van der Waals surface area contributed by atoms with Gasteiger partial charge in [0.05, 0.1) is 0 Å². The highest BCUT2D eigenvalue weighted by atomic mass is 14.9. The second kappa shape index (κ2) is 3.62. The molecule has 2 heteroatoms. The molecule has 0 radical (unpaired) electrons. The van der Waals surface area contributed by atoms with Crippen LogP contribution in [0.15, 0.2) is 12.1 Å². The molecule has 2 rings (SSSR count). The Balaban J connectivity index is 2.34. The minimum Gasteiger partial charge on any atom is -0.398 e. The van der Waals surface area contributed by atoms with Crippen molar-refractivity contribution in [1.29, 1.82) is 0 Å². The van der Waals surface area contributed by atoms with Gasteiger partial charge in [0.1, 0.15) is 0 Å². The van der Waals surface area contributed by atoms with E-state index >= 15 is 0 Å². The van der Waals surface area contributed by atoms with Crippen LogP contribution in [-0.4, -0.2) is 6.54 Å². The predicted molar refractivity (Wildman–Crippen MR) is 60.3 cm³/mol. The molecule has 1 saturated heterocycles. The Kier molecular flexibility index (Phi) is 2.46. The van der Waals surface area contributed by atoms with Crippen LogP contribution in [-0.2, 0) is 0 Å². The van der Waals surface area contributed by atoms with Gasteiger partial charge in [-0.05, 0) is 56.0 Å². The molecule has 1 heterocycles. The second-order valence-electron chi connectivity index (χ2n) is 4.20. The summed E-state index contributed by atoms with van der Waals surface area (Å²) < 4.78 is 0. The highest BCUT2D eigenvalue weighted by molar-refractivity contribution is 5.53. The number of benzene rings is 1. The minimum absolute atomic E-state index is 0.525. The van der Waals surface area contributed by atoms with Gasteiger partial charge in [-0.1, -0.05) is 6.07 Å². The highest BCUT2D eigenvalue weighted by Gasteiger charge is 2.17. The molecule has 1 atom stereocenters. The molecule has 2 nitrogen and oxygen atoms in total. The van der Waals surface area contributed by atoms with Crippen LogP contribution >= 0.6 is 0 Å². The standard InChI is InChI=1S/C12H18N2/c1-8-6-10(7-11(13)9(8)2)12-4-3-5-14-12/h6-7,12,14H,3-5,13H2,1-2H3. The number of nitrogens with one attached hydrogen (secondary N) is 1. The zero-order valence-corrected chi connectivity index (χ0v) is 8.93. The van der Waals surface area contributed by atoms with Gasteiger partial charge in [0.25, 0.3) is 0 Å². The molecule has 1 unspecified atom stereocenters. The fraction of sp³-hybridized carbons (Fsp3) is 0.500. The summed E-state index contributed by atoms with van der Waals surface area (Å²) in [6.45, 7) is 5.35. The molecule has 0 spiro atoms. The van der Waals surface area contributed by atoms with E-state index in [0.717, 1.165) is 12.2 Å². The molecule has 0 amide bonds. The van der Waals surface area contributed by atoms with Gasteiger partial charge >= 0.3 is 0 Å². The minimum atomic E-state index is 0.525. The normalized spacial score (nSPS) is 21.4. The fourth-order valence-corrected chi connectivity index (χ4v) is 2.09. The van der Waals surface area contributed by atoms with Crippen molar-refractivity contribution in [1.82, 2.24) is 5.32 Å². The second-order valence-corrected chi connectivity index (χ2v) is 4.20. The number of aryl methyl sites for hydroxylation is 1. The van der Waals surface area contributed by atoms with Crippen molar-refractivity contribution < 1.29 is 0 Å². The van der Waals surface area contributed by atoms with E-state index in [-0.39, 0.29) is 0 Å². The molecule has 1 aromatic carbocycles. The summed E-state index contributed by atoms with van der Waals surface area (Å²) in [7, 11) is 0. The number of hydrogen-bond donors (Lipinski definition) is 2. The van der Waals surface area contributed by atoms with Gasteiger partial charge in [0, 0.05) is 11.7 Å². The Morgan fingerprint density at radius 3 is 2.71 bits per heavy atom. The number of anilines is 1. The fourth-order valence-electron chi connectivity index (χ4n) is 2.09. The Morgan fingerprint density at radius 1 is 1.36 bits per heavy atom. The molecule has 0 aromatic heterocycles. The van der Waals surface area contributed by atoms with Crippen LogP contribution in [0, 0.1) is 13.8 Å². The van der Waals surface area contributed by atoms with E-state index in [9.17, 15) is 0 Å². The van der Waals surface area contributed by atoms with E-state index in [1.165, 1.54) is 29.5 Å². The van der Waals surface area contributed by atoms with Crippen LogP contribution in [0.25, 0.3) is 0 Å². The van der Waals surface area contributed by atoms with Gasteiger partial charge in [-0.3, -0.25) is 0 Å². The third-order valence-electron chi connectivity index (χ3n) is 3.19. The lowest BCUT2D eigenvalue weighted by molar-refractivity contribution is 0.647. The maximum Gasteiger partial charge on any atom is 0.0349 e. The molecule has 14 heavy (non-hydrogen) atoms. The first-order chi connectivity index (χ1) is 6.68. The van der Waals surface area contributed by atoms with Gasteiger partial charge in [0.15, 0.2) is 0 Å². The van der Waals surface area contributed by atoms with E-state index in [0.29, 0.717) is 6.04 Å². The molecule has 1 aliphatic rings. The lowest BCUT2D eigenvalue weighted by Gasteiger charge is -2.14. The number of hydrogen-bond acceptors (Lipinski definition) is 2. The topological polar surface area (TPSA) is 38.0 Å². The highest BCUT2D eigenvalue weighted by Crippen LogP contribution is 2.27. The molecule has 1 aliphatic heterocycles. The summed E-state index contributed by atoms with van der Waals surface area (Å²) in [5, 5.41) is 3.49. The average Bonchev–Trinajstić information content (AvgIpc) is 2.66. The predicted octanol–water partition coefficient (Wildman–Crippen LogP) is 2.31. The van der Waals surface area contributed by atoms with Crippen molar-refractivity contribution in [3.05, 3.63) is 28.8 Å². The van der Waals surface area contributed by atoms with Gasteiger partial charge in [0.2, 0.25) is 0 Å². The number of nitrogens with two attached hydrogens (primary N) is 1. The van der Waals surface area contributed by atoms with Crippen LogP contribution in [0.2, 0.25) is 0 Å².